The topological polar surface area (TPSA) is 63.3 Å². The molecule has 0 bridgehead atoms. The van der Waals surface area contributed by atoms with Crippen molar-refractivity contribution >= 4 is 5.97 Å². The van der Waals surface area contributed by atoms with Gasteiger partial charge in [0.2, 0.25) is 0 Å². The number of carboxylic acid groups (broad SMARTS) is 1. The zero-order chi connectivity index (χ0) is 11.4. The third-order valence-corrected chi connectivity index (χ3v) is 3.29. The van der Waals surface area contributed by atoms with Gasteiger partial charge in [-0.2, -0.15) is 0 Å². The van der Waals surface area contributed by atoms with Gasteiger partial charge in [0.05, 0.1) is 0 Å². The van der Waals surface area contributed by atoms with Gasteiger partial charge in [-0.1, -0.05) is 19.3 Å². The summed E-state index contributed by atoms with van der Waals surface area (Å²) < 4.78 is 0. The van der Waals surface area contributed by atoms with Crippen molar-refractivity contribution in [1.29, 1.82) is 0 Å². The van der Waals surface area contributed by atoms with Crippen LogP contribution in [0.1, 0.15) is 46.0 Å². The zero-order valence-electron chi connectivity index (χ0n) is 9.62. The molecule has 3 N–H and O–H groups in total. The minimum atomic E-state index is -0.826. The molecule has 0 aromatic heterocycles. The molecular formula is C12H21NO2. The highest BCUT2D eigenvalue weighted by atomic mass is 16.4. The average molecular weight is 211 g/mol. The number of hydrogen-bond donors (Lipinski definition) is 2. The number of carboxylic acids is 1. The number of nitrogens with two attached hydrogens (primary N) is 1. The van der Waals surface area contributed by atoms with E-state index in [0.29, 0.717) is 11.5 Å². The standard InChI is InChI=1S/C12H21NO2/c1-8(12(14)15)11(9(2)13)10-6-4-3-5-7-10/h9-10H,3-7,13H2,1-2H3,(H,14,15). The molecule has 0 aliphatic heterocycles. The van der Waals surface area contributed by atoms with E-state index in [-0.39, 0.29) is 6.04 Å². The van der Waals surface area contributed by atoms with Crippen LogP contribution < -0.4 is 5.73 Å². The van der Waals surface area contributed by atoms with Gasteiger partial charge in [0, 0.05) is 11.6 Å². The minimum absolute atomic E-state index is 0.135. The third-order valence-electron chi connectivity index (χ3n) is 3.29. The number of rotatable bonds is 3. The summed E-state index contributed by atoms with van der Waals surface area (Å²) in [5.74, 6) is -0.428. The maximum Gasteiger partial charge on any atom is 0.331 e. The van der Waals surface area contributed by atoms with Crippen molar-refractivity contribution in [2.75, 3.05) is 0 Å². The van der Waals surface area contributed by atoms with Crippen LogP contribution in [0.3, 0.4) is 0 Å². The summed E-state index contributed by atoms with van der Waals surface area (Å²) >= 11 is 0. The second-order valence-corrected chi connectivity index (χ2v) is 4.51. The zero-order valence-corrected chi connectivity index (χ0v) is 9.62. The first-order valence-electron chi connectivity index (χ1n) is 5.73. The first-order chi connectivity index (χ1) is 7.04. The largest absolute Gasteiger partial charge is 0.478 e. The third kappa shape index (κ3) is 3.06. The van der Waals surface area contributed by atoms with Gasteiger partial charge in [-0.05, 0) is 38.2 Å². The van der Waals surface area contributed by atoms with Crippen molar-refractivity contribution in [2.45, 2.75) is 52.0 Å². The van der Waals surface area contributed by atoms with Gasteiger partial charge in [-0.3, -0.25) is 0 Å². The summed E-state index contributed by atoms with van der Waals surface area (Å²) in [5.41, 5.74) is 7.30. The predicted octanol–water partition coefficient (Wildman–Crippen LogP) is 2.32. The number of aliphatic carboxylic acids is 1. The van der Waals surface area contributed by atoms with Crippen LogP contribution in [0.25, 0.3) is 0 Å². The van der Waals surface area contributed by atoms with Crippen LogP contribution in [-0.2, 0) is 4.79 Å². The molecule has 3 nitrogen and oxygen atoms in total. The Hall–Kier alpha value is -0.830. The summed E-state index contributed by atoms with van der Waals surface area (Å²) in [4.78, 5) is 11.0. The lowest BCUT2D eigenvalue weighted by molar-refractivity contribution is -0.132. The Balaban J connectivity index is 2.90. The van der Waals surface area contributed by atoms with Crippen molar-refractivity contribution in [1.82, 2.24) is 0 Å². The van der Waals surface area contributed by atoms with Crippen LogP contribution in [0.15, 0.2) is 11.1 Å². The summed E-state index contributed by atoms with van der Waals surface area (Å²) in [5, 5.41) is 9.02. The highest BCUT2D eigenvalue weighted by Gasteiger charge is 2.24. The summed E-state index contributed by atoms with van der Waals surface area (Å²) in [6, 6.07) is -0.135. The van der Waals surface area contributed by atoms with Crippen molar-refractivity contribution in [3.05, 3.63) is 11.1 Å². The highest BCUT2D eigenvalue weighted by molar-refractivity contribution is 5.87. The molecule has 0 amide bonds. The molecule has 1 rings (SSSR count). The van der Waals surface area contributed by atoms with Gasteiger partial charge in [0.25, 0.3) is 0 Å². The Morgan fingerprint density at radius 2 is 1.87 bits per heavy atom. The average Bonchev–Trinajstić information content (AvgIpc) is 2.18. The SMILES string of the molecule is CC(C(=O)O)=C(C(C)N)C1CCCCC1. The molecule has 0 aromatic carbocycles. The van der Waals surface area contributed by atoms with E-state index in [1.165, 1.54) is 19.3 Å². The molecule has 0 radical (unpaired) electrons. The van der Waals surface area contributed by atoms with Crippen molar-refractivity contribution < 1.29 is 9.90 Å². The van der Waals surface area contributed by atoms with Gasteiger partial charge >= 0.3 is 5.97 Å². The Bertz CT molecular complexity index is 263. The smallest absolute Gasteiger partial charge is 0.331 e. The molecule has 3 heteroatoms. The number of hydrogen-bond acceptors (Lipinski definition) is 2. The second kappa shape index (κ2) is 5.31. The lowest BCUT2D eigenvalue weighted by Gasteiger charge is -2.28. The first kappa shape index (κ1) is 12.2. The molecular weight excluding hydrogens is 190 g/mol. The molecule has 0 heterocycles. The number of carbonyl (C=O) groups is 1. The Morgan fingerprint density at radius 3 is 2.27 bits per heavy atom. The molecule has 86 valence electrons. The maximum atomic E-state index is 11.0. The van der Waals surface area contributed by atoms with Crippen LogP contribution in [-0.4, -0.2) is 17.1 Å². The Morgan fingerprint density at radius 1 is 1.33 bits per heavy atom. The van der Waals surface area contributed by atoms with Crippen LogP contribution in [0.4, 0.5) is 0 Å². The monoisotopic (exact) mass is 211 g/mol. The Labute approximate surface area is 91.4 Å². The van der Waals surface area contributed by atoms with Gasteiger partial charge in [-0.25, -0.2) is 4.79 Å². The van der Waals surface area contributed by atoms with Crippen LogP contribution in [0.2, 0.25) is 0 Å². The van der Waals surface area contributed by atoms with Gasteiger partial charge in [0.1, 0.15) is 0 Å². The molecule has 1 atom stereocenters. The molecule has 1 aliphatic carbocycles. The fourth-order valence-corrected chi connectivity index (χ4v) is 2.56. The molecule has 15 heavy (non-hydrogen) atoms. The highest BCUT2D eigenvalue weighted by Crippen LogP contribution is 2.32. The molecule has 0 aromatic rings. The van der Waals surface area contributed by atoms with E-state index in [1.807, 2.05) is 6.92 Å². The van der Waals surface area contributed by atoms with E-state index in [1.54, 1.807) is 6.92 Å². The quantitative estimate of drug-likeness (QED) is 0.704. The van der Waals surface area contributed by atoms with Crippen molar-refractivity contribution in [3.8, 4) is 0 Å². The maximum absolute atomic E-state index is 11.0. The van der Waals surface area contributed by atoms with Gasteiger partial charge < -0.3 is 10.8 Å². The van der Waals surface area contributed by atoms with Gasteiger partial charge in [0.15, 0.2) is 0 Å². The summed E-state index contributed by atoms with van der Waals surface area (Å²) in [6.45, 7) is 3.56. The molecule has 1 unspecified atom stereocenters. The van der Waals surface area contributed by atoms with Crippen molar-refractivity contribution in [3.63, 3.8) is 0 Å². The van der Waals surface area contributed by atoms with Crippen molar-refractivity contribution in [2.24, 2.45) is 11.7 Å². The molecule has 1 aliphatic rings. The molecule has 0 spiro atoms. The summed E-state index contributed by atoms with van der Waals surface area (Å²) in [6.07, 6.45) is 5.87. The van der Waals surface area contributed by atoms with E-state index in [9.17, 15) is 4.79 Å². The fraction of sp³-hybridized carbons (Fsp3) is 0.750. The van der Waals surface area contributed by atoms with Crippen LogP contribution in [0.5, 0.6) is 0 Å². The Kier molecular flexibility index (Phi) is 4.33. The lowest BCUT2D eigenvalue weighted by Crippen LogP contribution is -2.27. The second-order valence-electron chi connectivity index (χ2n) is 4.51. The van der Waals surface area contributed by atoms with Crippen LogP contribution in [0, 0.1) is 5.92 Å². The predicted molar refractivity (Wildman–Crippen MR) is 60.6 cm³/mol. The van der Waals surface area contributed by atoms with E-state index >= 15 is 0 Å². The molecule has 1 saturated carbocycles. The summed E-state index contributed by atoms with van der Waals surface area (Å²) in [7, 11) is 0. The first-order valence-corrected chi connectivity index (χ1v) is 5.73. The molecule has 1 fully saturated rings. The normalized spacial score (nSPS) is 22.1. The lowest BCUT2D eigenvalue weighted by atomic mass is 9.79. The van der Waals surface area contributed by atoms with E-state index in [4.69, 9.17) is 10.8 Å². The van der Waals surface area contributed by atoms with Gasteiger partial charge in [-0.15, -0.1) is 0 Å². The fourth-order valence-electron chi connectivity index (χ4n) is 2.56. The minimum Gasteiger partial charge on any atom is -0.478 e. The van der Waals surface area contributed by atoms with E-state index < -0.39 is 5.97 Å². The van der Waals surface area contributed by atoms with E-state index in [0.717, 1.165) is 18.4 Å². The molecule has 0 saturated heterocycles. The van der Waals surface area contributed by atoms with E-state index in [2.05, 4.69) is 0 Å². The van der Waals surface area contributed by atoms with Crippen LogP contribution >= 0.6 is 0 Å².